The number of nitrogens with one attached hydrogen (secondary N) is 2. The number of aryl methyl sites for hydroxylation is 2. The van der Waals surface area contributed by atoms with E-state index in [0.29, 0.717) is 18.1 Å². The van der Waals surface area contributed by atoms with E-state index in [9.17, 15) is 4.79 Å². The molecule has 2 rings (SSSR count). The lowest BCUT2D eigenvalue weighted by Gasteiger charge is -2.02. The first-order valence-corrected chi connectivity index (χ1v) is 7.27. The Hall–Kier alpha value is -1.50. The van der Waals surface area contributed by atoms with Crippen LogP contribution in [0, 0.1) is 13.8 Å². The van der Waals surface area contributed by atoms with Crippen LogP contribution in [0.15, 0.2) is 18.2 Å². The average molecular weight is 327 g/mol. The van der Waals surface area contributed by atoms with E-state index in [0.717, 1.165) is 16.1 Å². The Morgan fingerprint density at radius 1 is 1.29 bits per heavy atom. The maximum absolute atomic E-state index is 11.6. The summed E-state index contributed by atoms with van der Waals surface area (Å²) in [4.78, 5) is 11.6. The molecule has 0 bridgehead atoms. The Morgan fingerprint density at radius 3 is 2.71 bits per heavy atom. The molecule has 0 saturated carbocycles. The zero-order valence-corrected chi connectivity index (χ0v) is 13.9. The summed E-state index contributed by atoms with van der Waals surface area (Å²) in [5, 5.41) is 15.2. The fourth-order valence-electron chi connectivity index (χ4n) is 1.86. The first kappa shape index (κ1) is 17.6. The lowest BCUT2D eigenvalue weighted by atomic mass is 10.1. The summed E-state index contributed by atoms with van der Waals surface area (Å²) in [6.07, 6.45) is 0.426. The Kier molecular flexibility index (Phi) is 6.74. The van der Waals surface area contributed by atoms with Crippen molar-refractivity contribution >= 4 is 34.8 Å². The molecule has 114 valence electrons. The van der Waals surface area contributed by atoms with Gasteiger partial charge >= 0.3 is 0 Å². The van der Waals surface area contributed by atoms with Gasteiger partial charge in [0.1, 0.15) is 5.01 Å². The number of hydrogen-bond acceptors (Lipinski definition) is 5. The van der Waals surface area contributed by atoms with E-state index in [1.54, 1.807) is 0 Å². The van der Waals surface area contributed by atoms with Gasteiger partial charge in [-0.25, -0.2) is 0 Å². The van der Waals surface area contributed by atoms with Crippen LogP contribution in [-0.4, -0.2) is 29.7 Å². The molecule has 0 aliphatic rings. The Morgan fingerprint density at radius 2 is 2.05 bits per heavy atom. The first-order chi connectivity index (χ1) is 9.60. The second-order valence-corrected chi connectivity index (χ2v) is 5.61. The highest BCUT2D eigenvalue weighted by Crippen LogP contribution is 2.29. The fraction of sp³-hybridized carbons (Fsp3) is 0.357. The van der Waals surface area contributed by atoms with Gasteiger partial charge in [-0.05, 0) is 26.5 Å². The zero-order chi connectivity index (χ0) is 14.5. The largest absolute Gasteiger partial charge is 0.319 e. The number of hydrogen-bond donors (Lipinski definition) is 2. The zero-order valence-electron chi connectivity index (χ0n) is 12.3. The SMILES string of the molecule is CNCCC(=O)Nc1nnc(-c2ccc(C)cc2C)s1.Cl. The van der Waals surface area contributed by atoms with Gasteiger partial charge in [0.05, 0.1) is 0 Å². The molecule has 1 aromatic carbocycles. The second kappa shape index (κ2) is 8.07. The van der Waals surface area contributed by atoms with Crippen LogP contribution in [0.1, 0.15) is 17.5 Å². The second-order valence-electron chi connectivity index (χ2n) is 4.63. The molecule has 0 radical (unpaired) electrons. The molecule has 2 N–H and O–H groups in total. The summed E-state index contributed by atoms with van der Waals surface area (Å²) < 4.78 is 0. The number of halogens is 1. The van der Waals surface area contributed by atoms with E-state index < -0.39 is 0 Å². The van der Waals surface area contributed by atoms with Crippen molar-refractivity contribution in [1.29, 1.82) is 0 Å². The molecule has 1 aromatic heterocycles. The highest BCUT2D eigenvalue weighted by molar-refractivity contribution is 7.18. The number of nitrogens with zero attached hydrogens (tertiary/aromatic N) is 2. The minimum Gasteiger partial charge on any atom is -0.319 e. The minimum atomic E-state index is -0.0531. The standard InChI is InChI=1S/C14H18N4OS.ClH/c1-9-4-5-11(10(2)8-9)13-17-18-14(20-13)16-12(19)6-7-15-3;/h4-5,8,15H,6-7H2,1-3H3,(H,16,18,19);1H. The summed E-state index contributed by atoms with van der Waals surface area (Å²) in [5.74, 6) is -0.0531. The summed E-state index contributed by atoms with van der Waals surface area (Å²) in [6, 6.07) is 6.20. The number of carbonyl (C=O) groups excluding carboxylic acids is 1. The predicted molar refractivity (Wildman–Crippen MR) is 89.2 cm³/mol. The van der Waals surface area contributed by atoms with E-state index >= 15 is 0 Å². The van der Waals surface area contributed by atoms with Gasteiger partial charge in [0.2, 0.25) is 11.0 Å². The van der Waals surface area contributed by atoms with Gasteiger partial charge < -0.3 is 10.6 Å². The summed E-state index contributed by atoms with van der Waals surface area (Å²) >= 11 is 1.39. The van der Waals surface area contributed by atoms with Crippen LogP contribution >= 0.6 is 23.7 Å². The molecular weight excluding hydrogens is 308 g/mol. The van der Waals surface area contributed by atoms with Crippen LogP contribution in [-0.2, 0) is 4.79 Å². The van der Waals surface area contributed by atoms with Gasteiger partial charge in [-0.2, -0.15) is 0 Å². The minimum absolute atomic E-state index is 0. The average Bonchev–Trinajstić information content (AvgIpc) is 2.84. The number of benzene rings is 1. The third-order valence-electron chi connectivity index (χ3n) is 2.89. The normalized spacial score (nSPS) is 10.0. The molecule has 2 aromatic rings. The van der Waals surface area contributed by atoms with E-state index in [1.807, 2.05) is 13.1 Å². The molecule has 1 amide bonds. The maximum Gasteiger partial charge on any atom is 0.227 e. The number of rotatable bonds is 5. The van der Waals surface area contributed by atoms with Crippen LogP contribution in [0.2, 0.25) is 0 Å². The topological polar surface area (TPSA) is 66.9 Å². The predicted octanol–water partition coefficient (Wildman–Crippen LogP) is 2.79. The monoisotopic (exact) mass is 326 g/mol. The number of aromatic nitrogens is 2. The quantitative estimate of drug-likeness (QED) is 0.886. The number of carbonyl (C=O) groups is 1. The summed E-state index contributed by atoms with van der Waals surface area (Å²) in [5.41, 5.74) is 3.44. The fourth-order valence-corrected chi connectivity index (χ4v) is 2.71. The van der Waals surface area contributed by atoms with Crippen LogP contribution in [0.5, 0.6) is 0 Å². The van der Waals surface area contributed by atoms with Crippen molar-refractivity contribution < 1.29 is 4.79 Å². The molecule has 5 nitrogen and oxygen atoms in total. The molecule has 0 spiro atoms. The molecule has 0 atom stereocenters. The van der Waals surface area contributed by atoms with Crippen molar-refractivity contribution in [2.45, 2.75) is 20.3 Å². The van der Waals surface area contributed by atoms with E-state index in [4.69, 9.17) is 0 Å². The van der Waals surface area contributed by atoms with Crippen molar-refractivity contribution in [3.05, 3.63) is 29.3 Å². The van der Waals surface area contributed by atoms with Crippen LogP contribution in [0.25, 0.3) is 10.6 Å². The summed E-state index contributed by atoms with van der Waals surface area (Å²) in [7, 11) is 1.82. The summed E-state index contributed by atoms with van der Waals surface area (Å²) in [6.45, 7) is 4.76. The van der Waals surface area contributed by atoms with Gasteiger partial charge in [-0.3, -0.25) is 4.79 Å². The molecule has 21 heavy (non-hydrogen) atoms. The number of anilines is 1. The number of amides is 1. The van der Waals surface area contributed by atoms with Crippen molar-refractivity contribution in [1.82, 2.24) is 15.5 Å². The molecule has 0 aliphatic carbocycles. The Labute approximate surface area is 134 Å². The molecule has 0 unspecified atom stereocenters. The molecule has 0 saturated heterocycles. The van der Waals surface area contributed by atoms with E-state index in [2.05, 4.69) is 46.8 Å². The van der Waals surface area contributed by atoms with Crippen molar-refractivity contribution in [3.63, 3.8) is 0 Å². The Balaban J connectivity index is 0.00000220. The van der Waals surface area contributed by atoms with Crippen molar-refractivity contribution in [3.8, 4) is 10.6 Å². The highest BCUT2D eigenvalue weighted by atomic mass is 35.5. The van der Waals surface area contributed by atoms with Crippen molar-refractivity contribution in [2.75, 3.05) is 18.9 Å². The van der Waals surface area contributed by atoms with Crippen molar-refractivity contribution in [2.24, 2.45) is 0 Å². The lowest BCUT2D eigenvalue weighted by Crippen LogP contribution is -2.18. The van der Waals surface area contributed by atoms with E-state index in [-0.39, 0.29) is 18.3 Å². The van der Waals surface area contributed by atoms with E-state index in [1.165, 1.54) is 16.9 Å². The Bertz CT molecular complexity index is 615. The molecule has 7 heteroatoms. The molecular formula is C14H19ClN4OS. The molecule has 1 heterocycles. The third-order valence-corrected chi connectivity index (χ3v) is 3.76. The van der Waals surface area contributed by atoms with Crippen LogP contribution < -0.4 is 10.6 Å². The van der Waals surface area contributed by atoms with Crippen LogP contribution in [0.4, 0.5) is 5.13 Å². The van der Waals surface area contributed by atoms with Gasteiger partial charge in [0.25, 0.3) is 0 Å². The van der Waals surface area contributed by atoms with Crippen LogP contribution in [0.3, 0.4) is 0 Å². The molecule has 0 aliphatic heterocycles. The van der Waals surface area contributed by atoms with Gasteiger partial charge in [-0.15, -0.1) is 22.6 Å². The molecule has 0 fully saturated rings. The van der Waals surface area contributed by atoms with Gasteiger partial charge in [0, 0.05) is 18.5 Å². The first-order valence-electron chi connectivity index (χ1n) is 6.45. The highest BCUT2D eigenvalue weighted by Gasteiger charge is 2.11. The maximum atomic E-state index is 11.6. The lowest BCUT2D eigenvalue weighted by molar-refractivity contribution is -0.116. The van der Waals surface area contributed by atoms with Gasteiger partial charge in [-0.1, -0.05) is 35.1 Å². The smallest absolute Gasteiger partial charge is 0.227 e. The third kappa shape index (κ3) is 4.77. The van der Waals surface area contributed by atoms with Gasteiger partial charge in [0.15, 0.2) is 0 Å².